The molecule has 4 N–H and O–H groups in total. The number of alkyl carbamates (subject to hydrolysis) is 2. The first kappa shape index (κ1) is 43.4. The molecule has 63 heavy (non-hydrogen) atoms. The molecule has 8 atom stereocenters. The van der Waals surface area contributed by atoms with Gasteiger partial charge in [0, 0.05) is 48.5 Å². The summed E-state index contributed by atoms with van der Waals surface area (Å²) in [5, 5.41) is 7.24. The summed E-state index contributed by atoms with van der Waals surface area (Å²) in [6, 6.07) is 11.9. The summed E-state index contributed by atoms with van der Waals surface area (Å²) in [5.74, 6) is 1.58. The van der Waals surface area contributed by atoms with E-state index in [0.29, 0.717) is 31.1 Å². The van der Waals surface area contributed by atoms with Crippen molar-refractivity contribution in [3.05, 3.63) is 65.4 Å². The van der Waals surface area contributed by atoms with Gasteiger partial charge in [0.05, 0.1) is 55.2 Å². The molecule has 0 spiro atoms. The molecular formula is C46H56N8O9. The summed E-state index contributed by atoms with van der Waals surface area (Å²) in [5.41, 5.74) is 7.26. The Morgan fingerprint density at radius 3 is 1.90 bits per heavy atom. The second-order valence-corrected chi connectivity index (χ2v) is 16.9. The van der Waals surface area contributed by atoms with Crippen LogP contribution in [-0.2, 0) is 35.1 Å². The number of amides is 4. The molecule has 5 heterocycles. The Kier molecular flexibility index (Phi) is 12.1. The molecule has 4 amide bonds. The molecule has 3 aliphatic rings. The van der Waals surface area contributed by atoms with E-state index in [1.165, 1.54) is 28.4 Å². The first-order valence-electron chi connectivity index (χ1n) is 21.4. The molecule has 0 saturated carbocycles. The molecule has 17 nitrogen and oxygen atoms in total. The summed E-state index contributed by atoms with van der Waals surface area (Å²) in [6.45, 7) is 9.82. The lowest BCUT2D eigenvalue weighted by molar-refractivity contribution is -0.140. The normalized spacial score (nSPS) is 21.3. The van der Waals surface area contributed by atoms with Gasteiger partial charge in [0.2, 0.25) is 11.8 Å². The summed E-state index contributed by atoms with van der Waals surface area (Å²) < 4.78 is 27.0. The first-order valence-corrected chi connectivity index (χ1v) is 21.4. The number of rotatable bonds is 11. The predicted molar refractivity (Wildman–Crippen MR) is 234 cm³/mol. The van der Waals surface area contributed by atoms with Gasteiger partial charge in [0.25, 0.3) is 0 Å². The number of benzene rings is 3. The van der Waals surface area contributed by atoms with Crippen LogP contribution in [0.2, 0.25) is 0 Å². The third-order valence-corrected chi connectivity index (χ3v) is 13.2. The standard InChI is InChI=1S/C46H56N8O9/c1-22-10-16-34(53(22)43(55)38(25(4)59-6)51-45(57)61-8)41-47-24(3)37(49-41)28-12-14-30-29(18-28)21-63-36-20-31-27(19-32(30)36)13-15-33-40(31)50-42(48-33)35-17-11-23(2)54(35)44(56)39(26(5)60-7)52-46(58)62-9/h12-15,18-20,22-23,25-26,34-35,38-39H,10-11,16-17,21H2,1-9H3,(H,47,49)(H,48,50)(H,51,57)(H,52,58)/t22-,23-,25+,26+,34-,35-,38-,39-/m0/s1. The quantitative estimate of drug-likeness (QED) is 0.112. The maximum Gasteiger partial charge on any atom is 0.407 e. The third kappa shape index (κ3) is 7.92. The van der Waals surface area contributed by atoms with Gasteiger partial charge >= 0.3 is 12.2 Å². The number of nitrogens with one attached hydrogen (secondary N) is 4. The van der Waals surface area contributed by atoms with Crippen molar-refractivity contribution >= 4 is 45.8 Å². The minimum atomic E-state index is -0.939. The van der Waals surface area contributed by atoms with Crippen LogP contribution in [0.5, 0.6) is 5.75 Å². The summed E-state index contributed by atoms with van der Waals surface area (Å²) in [7, 11) is 5.53. The fourth-order valence-electron chi connectivity index (χ4n) is 9.51. The SMILES string of the molecule is COC(=O)N[C@H](C(=O)N1[C@@H](C)CC[C@H]1c1nc(-c2ccc3c(c2)COc2cc4c(ccc5[nH]c([C@@H]6CC[C@H](C)N6C(=O)[C@@H](NC(=O)OC)[C@@H](C)OC)nc54)cc2-3)c(C)[nH]1)[C@@H](C)OC. The number of H-pyrrole nitrogens is 2. The van der Waals surface area contributed by atoms with Crippen LogP contribution in [0.1, 0.15) is 88.4 Å². The van der Waals surface area contributed by atoms with E-state index in [-0.39, 0.29) is 36.0 Å². The summed E-state index contributed by atoms with van der Waals surface area (Å²) in [4.78, 5) is 73.3. The van der Waals surface area contributed by atoms with Crippen LogP contribution in [0.4, 0.5) is 9.59 Å². The Labute approximate surface area is 365 Å². The molecule has 0 aliphatic carbocycles. The number of hydrogen-bond donors (Lipinski definition) is 4. The van der Waals surface area contributed by atoms with Crippen molar-refractivity contribution in [1.29, 1.82) is 0 Å². The highest BCUT2D eigenvalue weighted by Gasteiger charge is 2.44. The van der Waals surface area contributed by atoms with Crippen molar-refractivity contribution in [3.63, 3.8) is 0 Å². The van der Waals surface area contributed by atoms with E-state index in [0.717, 1.165) is 74.0 Å². The highest BCUT2D eigenvalue weighted by Crippen LogP contribution is 2.44. The summed E-state index contributed by atoms with van der Waals surface area (Å²) >= 11 is 0. The van der Waals surface area contributed by atoms with E-state index in [1.807, 2.05) is 32.9 Å². The molecule has 2 aromatic heterocycles. The number of ether oxygens (including phenoxy) is 5. The second-order valence-electron chi connectivity index (χ2n) is 16.9. The summed E-state index contributed by atoms with van der Waals surface area (Å²) in [6.07, 6.45) is 0.388. The molecule has 5 aromatic rings. The van der Waals surface area contributed by atoms with E-state index >= 15 is 0 Å². The molecule has 0 bridgehead atoms. The highest BCUT2D eigenvalue weighted by molar-refractivity contribution is 6.07. The molecule has 2 fully saturated rings. The molecular weight excluding hydrogens is 809 g/mol. The number of aromatic amines is 2. The topological polar surface area (TPSA) is 202 Å². The van der Waals surface area contributed by atoms with Gasteiger partial charge in [-0.05, 0) is 101 Å². The molecule has 3 aliphatic heterocycles. The minimum Gasteiger partial charge on any atom is -0.488 e. The largest absolute Gasteiger partial charge is 0.488 e. The number of aromatic nitrogens is 4. The van der Waals surface area contributed by atoms with Gasteiger partial charge in [-0.15, -0.1) is 0 Å². The number of likely N-dealkylation sites (tertiary alicyclic amines) is 2. The van der Waals surface area contributed by atoms with Crippen LogP contribution in [0.3, 0.4) is 0 Å². The molecule has 0 radical (unpaired) electrons. The number of hydrogen-bond acceptors (Lipinski definition) is 11. The van der Waals surface area contributed by atoms with Crippen LogP contribution in [0.25, 0.3) is 44.2 Å². The van der Waals surface area contributed by atoms with E-state index in [9.17, 15) is 19.2 Å². The molecule has 2 saturated heterocycles. The van der Waals surface area contributed by atoms with E-state index < -0.39 is 36.5 Å². The van der Waals surface area contributed by atoms with Gasteiger partial charge < -0.3 is 54.1 Å². The average molecular weight is 865 g/mol. The van der Waals surface area contributed by atoms with Crippen molar-refractivity contribution in [2.24, 2.45) is 0 Å². The Morgan fingerprint density at radius 2 is 1.33 bits per heavy atom. The van der Waals surface area contributed by atoms with Crippen LogP contribution < -0.4 is 15.4 Å². The van der Waals surface area contributed by atoms with Gasteiger partial charge in [-0.25, -0.2) is 19.6 Å². The lowest BCUT2D eigenvalue weighted by Crippen LogP contribution is -2.55. The fourth-order valence-corrected chi connectivity index (χ4v) is 9.51. The van der Waals surface area contributed by atoms with Gasteiger partial charge in [0.15, 0.2) is 0 Å². The van der Waals surface area contributed by atoms with Crippen LogP contribution >= 0.6 is 0 Å². The van der Waals surface area contributed by atoms with Crippen LogP contribution in [0.15, 0.2) is 42.5 Å². The van der Waals surface area contributed by atoms with E-state index in [1.54, 1.807) is 23.6 Å². The number of carbonyl (C=O) groups is 4. The molecule has 3 aromatic carbocycles. The monoisotopic (exact) mass is 864 g/mol. The van der Waals surface area contributed by atoms with Crippen molar-refractivity contribution in [2.75, 3.05) is 28.4 Å². The number of nitrogens with zero attached hydrogens (tertiary/aromatic N) is 4. The van der Waals surface area contributed by atoms with Gasteiger partial charge in [-0.3, -0.25) is 9.59 Å². The zero-order valence-corrected chi connectivity index (χ0v) is 37.2. The predicted octanol–water partition coefficient (Wildman–Crippen LogP) is 6.60. The number of carbonyl (C=O) groups excluding carboxylic acids is 4. The zero-order valence-electron chi connectivity index (χ0n) is 37.2. The lowest BCUT2D eigenvalue weighted by atomic mass is 9.92. The van der Waals surface area contributed by atoms with Crippen LogP contribution in [-0.4, -0.2) is 119 Å². The van der Waals surface area contributed by atoms with Crippen molar-refractivity contribution in [1.82, 2.24) is 40.4 Å². The van der Waals surface area contributed by atoms with Gasteiger partial charge in [-0.1, -0.05) is 18.2 Å². The molecule has 17 heteroatoms. The second kappa shape index (κ2) is 17.5. The minimum absolute atomic E-state index is 0.0794. The molecule has 0 unspecified atom stereocenters. The first-order chi connectivity index (χ1) is 30.3. The Morgan fingerprint density at radius 1 is 0.746 bits per heavy atom. The Hall–Kier alpha value is -6.20. The maximum atomic E-state index is 14.1. The maximum absolute atomic E-state index is 14.1. The zero-order chi connectivity index (χ0) is 44.9. The number of imidazole rings is 2. The average Bonchev–Trinajstić information content (AvgIpc) is 4.10. The highest BCUT2D eigenvalue weighted by atomic mass is 16.5. The molecule has 334 valence electrons. The lowest BCUT2D eigenvalue weighted by Gasteiger charge is -2.33. The number of methoxy groups -OCH3 is 4. The van der Waals surface area contributed by atoms with Gasteiger partial charge in [-0.2, -0.15) is 0 Å². The van der Waals surface area contributed by atoms with Gasteiger partial charge in [0.1, 0.15) is 36.1 Å². The van der Waals surface area contributed by atoms with Crippen molar-refractivity contribution < 1.29 is 42.9 Å². The molecule has 8 rings (SSSR count). The van der Waals surface area contributed by atoms with Crippen LogP contribution in [0, 0.1) is 6.92 Å². The smallest absolute Gasteiger partial charge is 0.407 e. The Balaban J connectivity index is 1.06. The van der Waals surface area contributed by atoms with E-state index in [4.69, 9.17) is 33.7 Å². The number of aryl methyl sites for hydroxylation is 1. The third-order valence-electron chi connectivity index (χ3n) is 13.2. The fraction of sp³-hybridized carbons (Fsp3) is 0.478. The Bertz CT molecular complexity index is 2570. The van der Waals surface area contributed by atoms with Crippen molar-refractivity contribution in [2.45, 2.75) is 115 Å². The number of fused-ring (bicyclic) bond motifs is 6. The van der Waals surface area contributed by atoms with Crippen molar-refractivity contribution in [3.8, 4) is 28.1 Å². The van der Waals surface area contributed by atoms with E-state index in [2.05, 4.69) is 50.9 Å².